The Kier molecular flexibility index (Phi) is 6.12. The summed E-state index contributed by atoms with van der Waals surface area (Å²) < 4.78 is 0. The minimum atomic E-state index is -0.446. The minimum absolute atomic E-state index is 0.300. The Morgan fingerprint density at radius 2 is 0.733 bits per heavy atom. The van der Waals surface area contributed by atoms with Crippen LogP contribution in [0, 0.1) is 0 Å². The highest BCUT2D eigenvalue weighted by molar-refractivity contribution is 7.79. The predicted molar refractivity (Wildman–Crippen MR) is 123 cm³/mol. The zero-order valence-electron chi connectivity index (χ0n) is 16.2. The largest absolute Gasteiger partial charge is 0.288 e. The van der Waals surface area contributed by atoms with Gasteiger partial charge in [-0.3, -0.25) is 14.9 Å². The van der Waals surface area contributed by atoms with E-state index in [2.05, 4.69) is 96.3 Å². The van der Waals surface area contributed by atoms with Crippen molar-refractivity contribution in [2.75, 3.05) is 0 Å². The summed E-state index contributed by atoms with van der Waals surface area (Å²) in [5, 5.41) is 6.40. The average molecular weight is 409 g/mol. The number of fused-ring (bicyclic) bond motifs is 1. The molecule has 5 rings (SSSR count). The molecule has 4 heteroatoms. The van der Waals surface area contributed by atoms with Crippen LogP contribution in [0.25, 0.3) is 0 Å². The van der Waals surface area contributed by atoms with Gasteiger partial charge in [-0.15, -0.1) is 0 Å². The third kappa shape index (κ3) is 4.37. The summed E-state index contributed by atoms with van der Waals surface area (Å²) in [6.45, 7) is 0. The van der Waals surface area contributed by atoms with Gasteiger partial charge in [0.2, 0.25) is 0 Å². The van der Waals surface area contributed by atoms with E-state index in [4.69, 9.17) is 0 Å². The molecule has 0 saturated heterocycles. The number of carbonyl (C=O) groups excluding carboxylic acids is 2. The highest BCUT2D eigenvalue weighted by Gasteiger charge is 2.25. The Morgan fingerprint density at radius 1 is 0.433 bits per heavy atom. The van der Waals surface area contributed by atoms with Crippen molar-refractivity contribution in [3.8, 4) is 0 Å². The summed E-state index contributed by atoms with van der Waals surface area (Å²) in [5.74, 6) is -0.601. The zero-order valence-corrected chi connectivity index (χ0v) is 17.1. The molecule has 1 aliphatic rings. The van der Waals surface area contributed by atoms with Crippen LogP contribution in [0.5, 0.6) is 0 Å². The number of carbonyl (C=O) groups is 2. The number of imide groups is 1. The van der Waals surface area contributed by atoms with E-state index >= 15 is 0 Å². The quantitative estimate of drug-likeness (QED) is 0.411. The smallest absolute Gasteiger partial charge is 0.258 e. The van der Waals surface area contributed by atoms with Gasteiger partial charge >= 0.3 is 0 Å². The minimum Gasteiger partial charge on any atom is -0.288 e. The van der Waals surface area contributed by atoms with Gasteiger partial charge in [-0.25, -0.2) is 0 Å². The fraction of sp³-hybridized carbons (Fsp3) is 0. The van der Waals surface area contributed by atoms with Gasteiger partial charge in [0.1, 0.15) is 0 Å². The van der Waals surface area contributed by atoms with E-state index in [0.29, 0.717) is 11.1 Å². The van der Waals surface area contributed by atoms with Gasteiger partial charge in [0.15, 0.2) is 0 Å². The van der Waals surface area contributed by atoms with Gasteiger partial charge < -0.3 is 0 Å². The highest BCUT2D eigenvalue weighted by atomic mass is 31.1. The van der Waals surface area contributed by atoms with Gasteiger partial charge in [0.05, 0.1) is 11.1 Å². The zero-order chi connectivity index (χ0) is 20.8. The average Bonchev–Trinajstić information content (AvgIpc) is 3.10. The Morgan fingerprint density at radius 3 is 1.07 bits per heavy atom. The predicted octanol–water partition coefficient (Wildman–Crippen LogP) is 4.02. The second-order valence-electron chi connectivity index (χ2n) is 6.67. The lowest BCUT2D eigenvalue weighted by Crippen LogP contribution is -2.20. The molecule has 1 N–H and O–H groups in total. The molecule has 30 heavy (non-hydrogen) atoms. The molecule has 146 valence electrons. The number of rotatable bonds is 3. The fourth-order valence-corrected chi connectivity index (χ4v) is 5.60. The molecular weight excluding hydrogens is 389 g/mol. The van der Waals surface area contributed by atoms with Crippen LogP contribution in [0.3, 0.4) is 0 Å². The molecule has 1 heterocycles. The van der Waals surface area contributed by atoms with Crippen molar-refractivity contribution in [2.45, 2.75) is 0 Å². The van der Waals surface area contributed by atoms with E-state index in [-0.39, 0.29) is 11.8 Å². The van der Waals surface area contributed by atoms with E-state index < -0.39 is 7.92 Å². The van der Waals surface area contributed by atoms with Crippen molar-refractivity contribution in [3.05, 3.63) is 126 Å². The van der Waals surface area contributed by atoms with Crippen LogP contribution in [0.2, 0.25) is 0 Å². The van der Waals surface area contributed by atoms with Crippen LogP contribution < -0.4 is 21.2 Å². The van der Waals surface area contributed by atoms with Crippen molar-refractivity contribution in [1.82, 2.24) is 5.32 Å². The molecule has 0 bridgehead atoms. The van der Waals surface area contributed by atoms with Gasteiger partial charge in [-0.1, -0.05) is 103 Å². The lowest BCUT2D eigenvalue weighted by Gasteiger charge is -2.18. The Balaban J connectivity index is 0.000000168. The molecule has 0 unspecified atom stereocenters. The van der Waals surface area contributed by atoms with E-state index in [1.165, 1.54) is 15.9 Å². The number of amides is 2. The van der Waals surface area contributed by atoms with Crippen molar-refractivity contribution in [2.24, 2.45) is 0 Å². The van der Waals surface area contributed by atoms with Crippen molar-refractivity contribution < 1.29 is 9.59 Å². The third-order valence-electron chi connectivity index (χ3n) is 4.69. The second kappa shape index (κ2) is 9.30. The molecule has 0 aliphatic carbocycles. The van der Waals surface area contributed by atoms with Gasteiger partial charge in [0, 0.05) is 0 Å². The maximum absolute atomic E-state index is 10.9. The Labute approximate surface area is 177 Å². The topological polar surface area (TPSA) is 46.2 Å². The van der Waals surface area contributed by atoms with Gasteiger partial charge in [-0.05, 0) is 36.0 Å². The highest BCUT2D eigenvalue weighted by Crippen LogP contribution is 2.32. The number of hydrogen-bond donors (Lipinski definition) is 1. The van der Waals surface area contributed by atoms with E-state index in [1.54, 1.807) is 24.3 Å². The van der Waals surface area contributed by atoms with Crippen LogP contribution in [-0.2, 0) is 0 Å². The van der Waals surface area contributed by atoms with E-state index in [9.17, 15) is 9.59 Å². The summed E-state index contributed by atoms with van der Waals surface area (Å²) in [6, 6.07) is 39.1. The summed E-state index contributed by atoms with van der Waals surface area (Å²) in [6.07, 6.45) is 0. The number of nitrogens with one attached hydrogen (secondary N) is 1. The van der Waals surface area contributed by atoms with E-state index in [0.717, 1.165) is 0 Å². The maximum atomic E-state index is 10.9. The molecule has 0 aromatic heterocycles. The second-order valence-corrected chi connectivity index (χ2v) is 8.89. The van der Waals surface area contributed by atoms with Gasteiger partial charge in [-0.2, -0.15) is 0 Å². The first kappa shape index (κ1) is 19.8. The van der Waals surface area contributed by atoms with Crippen LogP contribution in [0.4, 0.5) is 0 Å². The lowest BCUT2D eigenvalue weighted by atomic mass is 10.1. The molecule has 1 aliphatic heterocycles. The summed E-state index contributed by atoms with van der Waals surface area (Å²) in [5.41, 5.74) is 0.940. The summed E-state index contributed by atoms with van der Waals surface area (Å²) in [7, 11) is -0.446. The molecular formula is C26H20NO2P. The fourth-order valence-electron chi connectivity index (χ4n) is 3.30. The molecule has 0 fully saturated rings. The Bertz CT molecular complexity index is 1020. The number of benzene rings is 4. The van der Waals surface area contributed by atoms with Crippen LogP contribution in [0.15, 0.2) is 115 Å². The molecule has 3 nitrogen and oxygen atoms in total. The lowest BCUT2D eigenvalue weighted by molar-refractivity contribution is 0.0879. The molecule has 0 saturated carbocycles. The van der Waals surface area contributed by atoms with Crippen molar-refractivity contribution >= 4 is 35.6 Å². The van der Waals surface area contributed by atoms with Crippen LogP contribution in [0.1, 0.15) is 20.7 Å². The molecule has 4 aromatic rings. The molecule has 4 aromatic carbocycles. The molecule has 0 atom stereocenters. The molecule has 2 amide bonds. The van der Waals surface area contributed by atoms with Crippen LogP contribution in [-0.4, -0.2) is 11.8 Å². The first-order valence-electron chi connectivity index (χ1n) is 9.64. The van der Waals surface area contributed by atoms with Gasteiger partial charge in [0.25, 0.3) is 11.8 Å². The van der Waals surface area contributed by atoms with Crippen LogP contribution >= 0.6 is 7.92 Å². The number of hydrogen-bond acceptors (Lipinski definition) is 2. The first-order chi connectivity index (χ1) is 14.7. The third-order valence-corrected chi connectivity index (χ3v) is 7.13. The van der Waals surface area contributed by atoms with E-state index in [1.807, 2.05) is 0 Å². The summed E-state index contributed by atoms with van der Waals surface area (Å²) in [4.78, 5) is 21.9. The summed E-state index contributed by atoms with van der Waals surface area (Å²) >= 11 is 0. The van der Waals surface area contributed by atoms with Crippen molar-refractivity contribution in [1.29, 1.82) is 0 Å². The monoisotopic (exact) mass is 409 g/mol. The molecule has 0 spiro atoms. The SMILES string of the molecule is O=C1NC(=O)c2ccccc21.c1ccc(P(c2ccccc2)c2ccccc2)cc1. The van der Waals surface area contributed by atoms with Crippen molar-refractivity contribution in [3.63, 3.8) is 0 Å². The maximum Gasteiger partial charge on any atom is 0.258 e. The first-order valence-corrected chi connectivity index (χ1v) is 11.0. The molecule has 0 radical (unpaired) electrons. The Hall–Kier alpha value is -3.55. The standard InChI is InChI=1S/C18H15P.C8H5NO2/c1-4-10-16(11-5-1)19(17-12-6-2-7-13-17)18-14-8-3-9-15-18;10-7-5-3-1-2-4-6(5)8(11)9-7/h1-15H;1-4H,(H,9,10,11). The normalized spacial score (nSPS) is 12.0.